The van der Waals surface area contributed by atoms with Gasteiger partial charge in [-0.25, -0.2) is 0 Å². The fourth-order valence-electron chi connectivity index (χ4n) is 2.01. The summed E-state index contributed by atoms with van der Waals surface area (Å²) in [4.78, 5) is 0. The van der Waals surface area contributed by atoms with Crippen molar-refractivity contribution in [1.82, 2.24) is 0 Å². The molecule has 1 aliphatic carbocycles. The van der Waals surface area contributed by atoms with Crippen molar-refractivity contribution < 1.29 is 4.74 Å². The summed E-state index contributed by atoms with van der Waals surface area (Å²) in [5.74, 6) is 1.02. The average Bonchev–Trinajstić information content (AvgIpc) is 2.59. The lowest BCUT2D eigenvalue weighted by molar-refractivity contribution is 0.409. The smallest absolute Gasteiger partial charge is 0.122 e. The summed E-state index contributed by atoms with van der Waals surface area (Å²) in [6, 6.07) is 6.26. The topological polar surface area (TPSA) is 9.23 Å². The third-order valence-corrected chi connectivity index (χ3v) is 3.05. The number of methoxy groups -OCH3 is 1. The van der Waals surface area contributed by atoms with Crippen molar-refractivity contribution in [2.24, 2.45) is 5.41 Å². The predicted octanol–water partition coefficient (Wildman–Crippen LogP) is 3.68. The van der Waals surface area contributed by atoms with E-state index >= 15 is 0 Å². The predicted molar refractivity (Wildman–Crippen MR) is 64.1 cm³/mol. The molecule has 0 aromatic heterocycles. The van der Waals surface area contributed by atoms with E-state index in [2.05, 4.69) is 39.0 Å². The van der Waals surface area contributed by atoms with Crippen LogP contribution >= 0.6 is 0 Å². The van der Waals surface area contributed by atoms with Gasteiger partial charge < -0.3 is 4.74 Å². The van der Waals surface area contributed by atoms with Crippen molar-refractivity contribution in [3.05, 3.63) is 34.9 Å². The van der Waals surface area contributed by atoms with E-state index in [1.54, 1.807) is 7.11 Å². The highest BCUT2D eigenvalue weighted by molar-refractivity contribution is 5.68. The summed E-state index contributed by atoms with van der Waals surface area (Å²) in [5.41, 5.74) is 4.40. The molecule has 1 aromatic rings. The monoisotopic (exact) mass is 202 g/mol. The maximum atomic E-state index is 5.38. The normalized spacial score (nSPS) is 14.8. The van der Waals surface area contributed by atoms with E-state index in [1.807, 2.05) is 6.07 Å². The molecule has 0 spiro atoms. The van der Waals surface area contributed by atoms with Gasteiger partial charge in [0.05, 0.1) is 7.11 Å². The summed E-state index contributed by atoms with van der Waals surface area (Å²) in [6.45, 7) is 6.78. The number of benzene rings is 1. The van der Waals surface area contributed by atoms with E-state index < -0.39 is 0 Å². The highest BCUT2D eigenvalue weighted by Crippen LogP contribution is 2.39. The van der Waals surface area contributed by atoms with E-state index in [-0.39, 0.29) is 5.41 Å². The van der Waals surface area contributed by atoms with Crippen LogP contribution in [-0.4, -0.2) is 7.11 Å². The van der Waals surface area contributed by atoms with Crippen LogP contribution in [0.15, 0.2) is 23.8 Å². The zero-order valence-electron chi connectivity index (χ0n) is 9.92. The molecule has 0 saturated heterocycles. The molecule has 80 valence electrons. The summed E-state index contributed by atoms with van der Waals surface area (Å²) in [7, 11) is 1.74. The number of hydrogen-bond donors (Lipinski definition) is 0. The quantitative estimate of drug-likeness (QED) is 0.675. The molecular formula is C14H18O. The maximum Gasteiger partial charge on any atom is 0.122 e. The van der Waals surface area contributed by atoms with Gasteiger partial charge >= 0.3 is 0 Å². The highest BCUT2D eigenvalue weighted by atomic mass is 16.5. The molecule has 1 aromatic carbocycles. The Labute approximate surface area is 91.8 Å². The number of ether oxygens (including phenoxy) is 1. The Morgan fingerprint density at radius 2 is 1.93 bits per heavy atom. The zero-order chi connectivity index (χ0) is 11.1. The van der Waals surface area contributed by atoms with Crippen LogP contribution in [0.2, 0.25) is 0 Å². The van der Waals surface area contributed by atoms with Crippen LogP contribution in [0.3, 0.4) is 0 Å². The lowest BCUT2D eigenvalue weighted by Gasteiger charge is -2.20. The SMILES string of the molecule is COc1cccc2c1CC(C(C)(C)C)=C2. The van der Waals surface area contributed by atoms with Gasteiger partial charge in [-0.15, -0.1) is 0 Å². The zero-order valence-corrected chi connectivity index (χ0v) is 9.92. The van der Waals surface area contributed by atoms with Crippen molar-refractivity contribution in [1.29, 1.82) is 0 Å². The first-order chi connectivity index (χ1) is 7.02. The van der Waals surface area contributed by atoms with Crippen LogP contribution < -0.4 is 4.74 Å². The van der Waals surface area contributed by atoms with Gasteiger partial charge in [0.25, 0.3) is 0 Å². The molecule has 0 aliphatic heterocycles. The Bertz CT molecular complexity index is 408. The molecule has 0 heterocycles. The highest BCUT2D eigenvalue weighted by Gasteiger charge is 2.24. The standard InChI is InChI=1S/C14H18O/c1-14(2,3)11-8-10-6-5-7-13(15-4)12(10)9-11/h5-8H,9H2,1-4H3. The van der Waals surface area contributed by atoms with Crippen molar-refractivity contribution in [3.8, 4) is 5.75 Å². The van der Waals surface area contributed by atoms with Gasteiger partial charge in [-0.2, -0.15) is 0 Å². The molecule has 1 nitrogen and oxygen atoms in total. The fraction of sp³-hybridized carbons (Fsp3) is 0.429. The van der Waals surface area contributed by atoms with Gasteiger partial charge in [0.1, 0.15) is 5.75 Å². The Balaban J connectivity index is 2.40. The molecule has 0 radical (unpaired) electrons. The summed E-state index contributed by atoms with van der Waals surface area (Å²) >= 11 is 0. The van der Waals surface area contributed by atoms with Crippen LogP contribution in [0.4, 0.5) is 0 Å². The molecule has 1 heteroatoms. The second kappa shape index (κ2) is 3.41. The molecular weight excluding hydrogens is 184 g/mol. The second-order valence-corrected chi connectivity index (χ2v) is 5.12. The van der Waals surface area contributed by atoms with Crippen molar-refractivity contribution in [2.45, 2.75) is 27.2 Å². The third-order valence-electron chi connectivity index (χ3n) is 3.05. The second-order valence-electron chi connectivity index (χ2n) is 5.12. The van der Waals surface area contributed by atoms with Gasteiger partial charge in [-0.1, -0.05) is 44.6 Å². The molecule has 0 atom stereocenters. The molecule has 0 amide bonds. The Morgan fingerprint density at radius 1 is 1.20 bits per heavy atom. The molecule has 15 heavy (non-hydrogen) atoms. The van der Waals surface area contributed by atoms with E-state index in [0.29, 0.717) is 0 Å². The van der Waals surface area contributed by atoms with Crippen molar-refractivity contribution in [2.75, 3.05) is 7.11 Å². The largest absolute Gasteiger partial charge is 0.496 e. The summed E-state index contributed by atoms with van der Waals surface area (Å²) in [6.07, 6.45) is 3.33. The number of hydrogen-bond acceptors (Lipinski definition) is 1. The molecule has 0 N–H and O–H groups in total. The lowest BCUT2D eigenvalue weighted by Crippen LogP contribution is -2.09. The van der Waals surface area contributed by atoms with Crippen LogP contribution in [0.5, 0.6) is 5.75 Å². The molecule has 0 fully saturated rings. The molecule has 0 unspecified atom stereocenters. The Hall–Kier alpha value is -1.24. The van der Waals surface area contributed by atoms with Crippen LogP contribution in [-0.2, 0) is 6.42 Å². The molecule has 0 saturated carbocycles. The van der Waals surface area contributed by atoms with Crippen LogP contribution in [0, 0.1) is 5.41 Å². The van der Waals surface area contributed by atoms with Crippen molar-refractivity contribution in [3.63, 3.8) is 0 Å². The first kappa shape index (κ1) is 10.3. The molecule has 0 bridgehead atoms. The molecule has 2 rings (SSSR count). The molecule has 1 aliphatic rings. The van der Waals surface area contributed by atoms with Gasteiger partial charge in [0, 0.05) is 5.56 Å². The lowest BCUT2D eigenvalue weighted by atomic mass is 9.85. The maximum absolute atomic E-state index is 5.38. The van der Waals surface area contributed by atoms with Gasteiger partial charge in [0.15, 0.2) is 0 Å². The number of rotatable bonds is 1. The summed E-state index contributed by atoms with van der Waals surface area (Å²) < 4.78 is 5.38. The van der Waals surface area contributed by atoms with Gasteiger partial charge in [-0.3, -0.25) is 0 Å². The fourth-order valence-corrected chi connectivity index (χ4v) is 2.01. The van der Waals surface area contributed by atoms with E-state index in [9.17, 15) is 0 Å². The van der Waals surface area contributed by atoms with E-state index in [0.717, 1.165) is 12.2 Å². The summed E-state index contributed by atoms with van der Waals surface area (Å²) in [5, 5.41) is 0. The minimum Gasteiger partial charge on any atom is -0.496 e. The van der Waals surface area contributed by atoms with Crippen LogP contribution in [0.25, 0.3) is 6.08 Å². The third kappa shape index (κ3) is 1.79. The van der Waals surface area contributed by atoms with E-state index in [4.69, 9.17) is 4.74 Å². The number of allylic oxidation sites excluding steroid dienone is 1. The Kier molecular flexibility index (Phi) is 2.34. The average molecular weight is 202 g/mol. The van der Waals surface area contributed by atoms with Gasteiger partial charge in [0.2, 0.25) is 0 Å². The van der Waals surface area contributed by atoms with Gasteiger partial charge in [-0.05, 0) is 23.5 Å². The number of fused-ring (bicyclic) bond motifs is 1. The van der Waals surface area contributed by atoms with Crippen LogP contribution in [0.1, 0.15) is 31.9 Å². The Morgan fingerprint density at radius 3 is 2.53 bits per heavy atom. The minimum atomic E-state index is 0.254. The van der Waals surface area contributed by atoms with E-state index in [1.165, 1.54) is 16.7 Å². The first-order valence-electron chi connectivity index (χ1n) is 5.39. The van der Waals surface area contributed by atoms with Crippen molar-refractivity contribution >= 4 is 6.08 Å². The minimum absolute atomic E-state index is 0.254. The first-order valence-corrected chi connectivity index (χ1v) is 5.39.